The van der Waals surface area contributed by atoms with Crippen molar-refractivity contribution in [1.29, 1.82) is 0 Å². The van der Waals surface area contributed by atoms with E-state index in [4.69, 9.17) is 11.6 Å². The quantitative estimate of drug-likeness (QED) is 0.736. The molecule has 0 N–H and O–H groups in total. The number of amides is 1. The van der Waals surface area contributed by atoms with Crippen molar-refractivity contribution in [2.24, 2.45) is 0 Å². The molecule has 0 radical (unpaired) electrons. The molecule has 5 nitrogen and oxygen atoms in total. The second-order valence-electron chi connectivity index (χ2n) is 6.19. The highest BCUT2D eigenvalue weighted by atomic mass is 35.5. The molecule has 8 heteroatoms. The van der Waals surface area contributed by atoms with Crippen LogP contribution in [0, 0.1) is 0 Å². The van der Waals surface area contributed by atoms with Gasteiger partial charge in [-0.15, -0.1) is 11.8 Å². The molecular weight excluding hydrogens is 368 g/mol. The maximum atomic E-state index is 12.4. The predicted octanol–water partition coefficient (Wildman–Crippen LogP) is 1.76. The van der Waals surface area contributed by atoms with E-state index in [0.29, 0.717) is 29.6 Å². The molecule has 2 aliphatic rings. The number of piperazine rings is 1. The van der Waals surface area contributed by atoms with E-state index in [9.17, 15) is 13.2 Å². The monoisotopic (exact) mass is 388 g/mol. The Morgan fingerprint density at radius 3 is 2.54 bits per heavy atom. The van der Waals surface area contributed by atoms with E-state index >= 15 is 0 Å². The number of benzene rings is 1. The third kappa shape index (κ3) is 4.45. The first-order chi connectivity index (χ1) is 11.4. The molecule has 1 aromatic rings. The molecule has 3 rings (SSSR count). The third-order valence-electron chi connectivity index (χ3n) is 4.58. The smallest absolute Gasteiger partial charge is 0.233 e. The Kier molecular flexibility index (Phi) is 5.74. The SMILES string of the molecule is O=C(CSc1ccccc1Cl)N1CCN([C@@H]2CCS(=O)(=O)C2)CC1. The summed E-state index contributed by atoms with van der Waals surface area (Å²) in [7, 11) is -2.86. The lowest BCUT2D eigenvalue weighted by Gasteiger charge is -2.37. The van der Waals surface area contributed by atoms with E-state index in [2.05, 4.69) is 4.90 Å². The molecule has 0 aromatic heterocycles. The lowest BCUT2D eigenvalue weighted by molar-refractivity contribution is -0.130. The Morgan fingerprint density at radius 2 is 1.92 bits per heavy atom. The molecule has 0 spiro atoms. The van der Waals surface area contributed by atoms with Crippen LogP contribution in [0.3, 0.4) is 0 Å². The van der Waals surface area contributed by atoms with Crippen molar-refractivity contribution in [3.8, 4) is 0 Å². The first kappa shape index (κ1) is 18.0. The number of nitrogens with zero attached hydrogens (tertiary/aromatic N) is 2. The lowest BCUT2D eigenvalue weighted by Crippen LogP contribution is -2.52. The Bertz CT molecular complexity index is 703. The van der Waals surface area contributed by atoms with Gasteiger partial charge in [-0.25, -0.2) is 8.42 Å². The van der Waals surface area contributed by atoms with Crippen LogP contribution in [0.4, 0.5) is 0 Å². The van der Waals surface area contributed by atoms with Gasteiger partial charge in [0.2, 0.25) is 5.91 Å². The average molecular weight is 389 g/mol. The van der Waals surface area contributed by atoms with Crippen LogP contribution in [0.5, 0.6) is 0 Å². The number of hydrogen-bond acceptors (Lipinski definition) is 5. The first-order valence-corrected chi connectivity index (χ1v) is 11.2. The van der Waals surface area contributed by atoms with Gasteiger partial charge in [0.25, 0.3) is 0 Å². The Balaban J connectivity index is 1.46. The van der Waals surface area contributed by atoms with Crippen LogP contribution in [-0.4, -0.2) is 73.6 Å². The van der Waals surface area contributed by atoms with Gasteiger partial charge in [-0.2, -0.15) is 0 Å². The summed E-state index contributed by atoms with van der Waals surface area (Å²) in [6.07, 6.45) is 0.721. The van der Waals surface area contributed by atoms with E-state index in [1.807, 2.05) is 29.2 Å². The van der Waals surface area contributed by atoms with Gasteiger partial charge in [0.15, 0.2) is 9.84 Å². The summed E-state index contributed by atoms with van der Waals surface area (Å²) in [5, 5.41) is 0.669. The second kappa shape index (κ2) is 7.64. The summed E-state index contributed by atoms with van der Waals surface area (Å²) in [5.74, 6) is 1.05. The summed E-state index contributed by atoms with van der Waals surface area (Å²) in [4.78, 5) is 17.4. The number of carbonyl (C=O) groups is 1. The van der Waals surface area contributed by atoms with Crippen molar-refractivity contribution in [1.82, 2.24) is 9.80 Å². The standard InChI is InChI=1S/C16H21ClN2O3S2/c17-14-3-1-2-4-15(14)23-11-16(20)19-8-6-18(7-9-19)13-5-10-24(21,22)12-13/h1-4,13H,5-12H2/t13-/m1/s1. The molecule has 0 saturated carbocycles. The van der Waals surface area contributed by atoms with Crippen LogP contribution in [0.25, 0.3) is 0 Å². The van der Waals surface area contributed by atoms with Crippen LogP contribution in [0.15, 0.2) is 29.2 Å². The van der Waals surface area contributed by atoms with Gasteiger partial charge in [-0.05, 0) is 18.6 Å². The maximum absolute atomic E-state index is 12.4. The number of hydrogen-bond donors (Lipinski definition) is 0. The van der Waals surface area contributed by atoms with Gasteiger partial charge < -0.3 is 4.90 Å². The Hall–Kier alpha value is -0.760. The second-order valence-corrected chi connectivity index (χ2v) is 9.85. The Labute approximate surface area is 152 Å². The minimum atomic E-state index is -2.86. The molecule has 1 atom stereocenters. The number of halogens is 1. The van der Waals surface area contributed by atoms with E-state index in [0.717, 1.165) is 24.4 Å². The zero-order valence-corrected chi connectivity index (χ0v) is 15.7. The van der Waals surface area contributed by atoms with Gasteiger partial charge in [0.1, 0.15) is 0 Å². The van der Waals surface area contributed by atoms with E-state index < -0.39 is 9.84 Å². The highest BCUT2D eigenvalue weighted by Gasteiger charge is 2.34. The van der Waals surface area contributed by atoms with Crippen LogP contribution in [0.1, 0.15) is 6.42 Å². The zero-order valence-electron chi connectivity index (χ0n) is 13.4. The molecule has 2 aliphatic heterocycles. The number of sulfone groups is 1. The molecule has 1 aromatic carbocycles. The summed E-state index contributed by atoms with van der Waals surface area (Å²) in [6.45, 7) is 2.84. The Morgan fingerprint density at radius 1 is 1.21 bits per heavy atom. The van der Waals surface area contributed by atoms with E-state index in [1.54, 1.807) is 0 Å². The van der Waals surface area contributed by atoms with Crippen molar-refractivity contribution < 1.29 is 13.2 Å². The lowest BCUT2D eigenvalue weighted by atomic mass is 10.2. The van der Waals surface area contributed by atoms with Gasteiger partial charge in [0, 0.05) is 37.1 Å². The van der Waals surface area contributed by atoms with Crippen LogP contribution < -0.4 is 0 Å². The molecule has 132 valence electrons. The average Bonchev–Trinajstić information content (AvgIpc) is 2.94. The normalized spacial score (nSPS) is 24.2. The van der Waals surface area contributed by atoms with Crippen LogP contribution in [-0.2, 0) is 14.6 Å². The van der Waals surface area contributed by atoms with Crippen molar-refractivity contribution >= 4 is 39.1 Å². The fraction of sp³-hybridized carbons (Fsp3) is 0.562. The first-order valence-electron chi connectivity index (χ1n) is 8.04. The fourth-order valence-corrected chi connectivity index (χ4v) is 6.10. The van der Waals surface area contributed by atoms with Crippen molar-refractivity contribution in [2.75, 3.05) is 43.4 Å². The van der Waals surface area contributed by atoms with Gasteiger partial charge in [-0.3, -0.25) is 9.69 Å². The van der Waals surface area contributed by atoms with E-state index in [-0.39, 0.29) is 17.7 Å². The fourth-order valence-electron chi connectivity index (χ4n) is 3.19. The van der Waals surface area contributed by atoms with Crippen LogP contribution >= 0.6 is 23.4 Å². The molecule has 2 fully saturated rings. The summed E-state index contributed by atoms with van der Waals surface area (Å²) in [5.41, 5.74) is 0. The summed E-state index contributed by atoms with van der Waals surface area (Å²) in [6, 6.07) is 7.65. The minimum absolute atomic E-state index is 0.110. The molecule has 24 heavy (non-hydrogen) atoms. The predicted molar refractivity (Wildman–Crippen MR) is 97.4 cm³/mol. The highest BCUT2D eigenvalue weighted by molar-refractivity contribution is 8.00. The molecule has 0 aliphatic carbocycles. The molecule has 2 saturated heterocycles. The highest BCUT2D eigenvalue weighted by Crippen LogP contribution is 2.27. The molecular formula is C16H21ClN2O3S2. The molecule has 0 bridgehead atoms. The van der Waals surface area contributed by atoms with Gasteiger partial charge in [-0.1, -0.05) is 23.7 Å². The minimum Gasteiger partial charge on any atom is -0.339 e. The molecule has 2 heterocycles. The van der Waals surface area contributed by atoms with Crippen molar-refractivity contribution in [3.63, 3.8) is 0 Å². The third-order valence-corrected chi connectivity index (χ3v) is 7.83. The largest absolute Gasteiger partial charge is 0.339 e. The van der Waals surface area contributed by atoms with E-state index in [1.165, 1.54) is 11.8 Å². The summed E-state index contributed by atoms with van der Waals surface area (Å²) >= 11 is 7.57. The van der Waals surface area contributed by atoms with Crippen LogP contribution in [0.2, 0.25) is 5.02 Å². The topological polar surface area (TPSA) is 57.7 Å². The molecule has 0 unspecified atom stereocenters. The van der Waals surface area contributed by atoms with Gasteiger partial charge >= 0.3 is 0 Å². The summed E-state index contributed by atoms with van der Waals surface area (Å²) < 4.78 is 23.2. The van der Waals surface area contributed by atoms with Crippen molar-refractivity contribution in [2.45, 2.75) is 17.4 Å². The molecule has 1 amide bonds. The number of carbonyl (C=O) groups excluding carboxylic acids is 1. The zero-order chi connectivity index (χ0) is 17.2. The van der Waals surface area contributed by atoms with Crippen molar-refractivity contribution in [3.05, 3.63) is 29.3 Å². The maximum Gasteiger partial charge on any atom is 0.233 e. The number of rotatable bonds is 4. The van der Waals surface area contributed by atoms with Gasteiger partial charge in [0.05, 0.1) is 22.3 Å². The number of thioether (sulfide) groups is 1.